The molecular formula is C34H43F4N3O4. The first-order valence-electron chi connectivity index (χ1n) is 15.3. The number of aryl methyl sites for hydroxylation is 1. The van der Waals surface area contributed by atoms with Crippen LogP contribution in [0.1, 0.15) is 70.7 Å². The van der Waals surface area contributed by atoms with E-state index in [0.717, 1.165) is 43.9 Å². The quantitative estimate of drug-likeness (QED) is 0.260. The summed E-state index contributed by atoms with van der Waals surface area (Å²) in [7, 11) is 0. The molecule has 3 heterocycles. The van der Waals surface area contributed by atoms with E-state index in [1.165, 1.54) is 30.5 Å². The third-order valence-corrected chi connectivity index (χ3v) is 8.90. The van der Waals surface area contributed by atoms with Crippen molar-refractivity contribution in [3.63, 3.8) is 0 Å². The third kappa shape index (κ3) is 8.10. The highest BCUT2D eigenvalue weighted by atomic mass is 19.4. The van der Waals surface area contributed by atoms with Crippen LogP contribution in [-0.2, 0) is 20.7 Å². The molecule has 0 aliphatic carbocycles. The Bertz CT molecular complexity index is 1410. The summed E-state index contributed by atoms with van der Waals surface area (Å²) in [6, 6.07) is 7.33. The molecule has 2 aliphatic rings. The van der Waals surface area contributed by atoms with Crippen LogP contribution in [-0.4, -0.2) is 65.5 Å². The van der Waals surface area contributed by atoms with E-state index in [0.29, 0.717) is 23.2 Å². The average molecular weight is 634 g/mol. The predicted octanol–water partition coefficient (Wildman–Crippen LogP) is 7.42. The number of piperidine rings is 1. The molecular weight excluding hydrogens is 590 g/mol. The highest BCUT2D eigenvalue weighted by Crippen LogP contribution is 2.46. The lowest BCUT2D eigenvalue weighted by Gasteiger charge is -2.45. The summed E-state index contributed by atoms with van der Waals surface area (Å²) in [5, 5.41) is 10.3. The lowest BCUT2D eigenvalue weighted by atomic mass is 9.79. The van der Waals surface area contributed by atoms with Gasteiger partial charge in [-0.05, 0) is 81.7 Å². The van der Waals surface area contributed by atoms with Gasteiger partial charge in [-0.2, -0.15) is 13.2 Å². The molecule has 1 aromatic heterocycles. The number of pyridine rings is 1. The Labute approximate surface area is 262 Å². The topological polar surface area (TPSA) is 84.2 Å². The molecule has 45 heavy (non-hydrogen) atoms. The molecule has 246 valence electrons. The molecule has 0 amide bonds. The Morgan fingerprint density at radius 2 is 1.80 bits per heavy atom. The maximum absolute atomic E-state index is 15.2. The Hall–Kier alpha value is -3.31. The van der Waals surface area contributed by atoms with E-state index in [1.54, 1.807) is 20.8 Å². The van der Waals surface area contributed by atoms with Crippen LogP contribution in [0, 0.1) is 24.1 Å². The van der Waals surface area contributed by atoms with Crippen molar-refractivity contribution in [2.24, 2.45) is 16.3 Å². The van der Waals surface area contributed by atoms with Crippen LogP contribution in [0.5, 0.6) is 0 Å². The minimum Gasteiger partial charge on any atom is -0.479 e. The number of rotatable bonds is 11. The van der Waals surface area contributed by atoms with Crippen molar-refractivity contribution in [3.05, 3.63) is 65.2 Å². The molecule has 2 aromatic rings. The molecule has 2 aliphatic heterocycles. The number of nitrogens with zero attached hydrogens (tertiary/aromatic N) is 3. The number of carbonyl (C=O) groups is 1. The Morgan fingerprint density at radius 1 is 1.16 bits per heavy atom. The summed E-state index contributed by atoms with van der Waals surface area (Å²) in [4.78, 5) is 23.7. The lowest BCUT2D eigenvalue weighted by molar-refractivity contribution is -0.243. The smallest absolute Gasteiger partial charge is 0.398 e. The number of aliphatic imine (C=N–C) groups is 1. The van der Waals surface area contributed by atoms with E-state index in [2.05, 4.69) is 28.7 Å². The first-order valence-corrected chi connectivity index (χ1v) is 15.3. The van der Waals surface area contributed by atoms with Gasteiger partial charge in [-0.15, -0.1) is 0 Å². The molecule has 1 saturated heterocycles. The van der Waals surface area contributed by atoms with E-state index < -0.39 is 41.2 Å². The van der Waals surface area contributed by atoms with Gasteiger partial charge in [-0.1, -0.05) is 32.9 Å². The Kier molecular flexibility index (Phi) is 10.1. The van der Waals surface area contributed by atoms with Crippen molar-refractivity contribution in [2.45, 2.75) is 90.7 Å². The fourth-order valence-electron chi connectivity index (χ4n) is 5.62. The second-order valence-electron chi connectivity index (χ2n) is 13.4. The zero-order chi connectivity index (χ0) is 33.2. The van der Waals surface area contributed by atoms with Crippen LogP contribution in [0.2, 0.25) is 0 Å². The van der Waals surface area contributed by atoms with Gasteiger partial charge in [-0.25, -0.2) is 9.18 Å². The van der Waals surface area contributed by atoms with E-state index in [4.69, 9.17) is 9.47 Å². The lowest BCUT2D eigenvalue weighted by Crippen LogP contribution is -2.62. The second-order valence-corrected chi connectivity index (χ2v) is 13.4. The van der Waals surface area contributed by atoms with Gasteiger partial charge in [0.25, 0.3) is 0 Å². The summed E-state index contributed by atoms with van der Waals surface area (Å²) >= 11 is 0. The second kappa shape index (κ2) is 13.2. The van der Waals surface area contributed by atoms with E-state index >= 15 is 13.2 Å². The Balaban J connectivity index is 1.79. The summed E-state index contributed by atoms with van der Waals surface area (Å²) in [6.45, 7) is 12.3. The van der Waals surface area contributed by atoms with E-state index in [9.17, 15) is 14.3 Å². The summed E-state index contributed by atoms with van der Waals surface area (Å²) in [5.41, 5.74) is -0.954. The zero-order valence-electron chi connectivity index (χ0n) is 26.7. The van der Waals surface area contributed by atoms with Gasteiger partial charge in [0, 0.05) is 42.4 Å². The number of carboxylic acids is 1. The van der Waals surface area contributed by atoms with Crippen molar-refractivity contribution >= 4 is 23.6 Å². The number of carboxylic acid groups (broad SMARTS) is 1. The molecule has 0 bridgehead atoms. The number of aliphatic carboxylic acids is 1. The molecule has 7 nitrogen and oxygen atoms in total. The van der Waals surface area contributed by atoms with Crippen molar-refractivity contribution in [3.8, 4) is 0 Å². The van der Waals surface area contributed by atoms with Crippen LogP contribution < -0.4 is 4.90 Å². The number of halogens is 4. The van der Waals surface area contributed by atoms with Gasteiger partial charge in [0.1, 0.15) is 11.7 Å². The molecule has 1 N–H and O–H groups in total. The van der Waals surface area contributed by atoms with Gasteiger partial charge in [0.05, 0.1) is 17.9 Å². The molecule has 4 rings (SSSR count). The Morgan fingerprint density at radius 3 is 2.38 bits per heavy atom. The number of alkyl halides is 3. The molecule has 1 aromatic carbocycles. The summed E-state index contributed by atoms with van der Waals surface area (Å²) < 4.78 is 70.8. The number of benzene rings is 1. The first kappa shape index (κ1) is 34.6. The van der Waals surface area contributed by atoms with Crippen LogP contribution >= 0.6 is 0 Å². The van der Waals surface area contributed by atoms with Crippen LogP contribution in [0.25, 0.3) is 5.70 Å². The molecule has 0 saturated carbocycles. The first-order chi connectivity index (χ1) is 21.0. The minimum atomic E-state index is -4.94. The van der Waals surface area contributed by atoms with E-state index in [1.807, 2.05) is 13.0 Å². The molecule has 3 unspecified atom stereocenters. The zero-order valence-corrected chi connectivity index (χ0v) is 26.7. The number of aromatic nitrogens is 1. The van der Waals surface area contributed by atoms with Crippen LogP contribution in [0.4, 0.5) is 23.2 Å². The normalized spacial score (nSPS) is 22.7. The fraction of sp³-hybridized carbons (Fsp3) is 0.559. The highest BCUT2D eigenvalue weighted by molar-refractivity contribution is 5.91. The van der Waals surface area contributed by atoms with Crippen molar-refractivity contribution in [1.82, 2.24) is 4.98 Å². The number of anilines is 1. The van der Waals surface area contributed by atoms with E-state index in [-0.39, 0.29) is 24.1 Å². The maximum atomic E-state index is 15.2. The summed E-state index contributed by atoms with van der Waals surface area (Å²) in [5.74, 6) is -4.48. The molecule has 0 spiro atoms. The van der Waals surface area contributed by atoms with Crippen molar-refractivity contribution in [1.29, 1.82) is 0 Å². The van der Waals surface area contributed by atoms with Gasteiger partial charge < -0.3 is 19.5 Å². The van der Waals surface area contributed by atoms with Crippen molar-refractivity contribution < 1.29 is 36.9 Å². The largest absolute Gasteiger partial charge is 0.479 e. The average Bonchev–Trinajstić information content (AvgIpc) is 2.96. The van der Waals surface area contributed by atoms with Gasteiger partial charge in [0.2, 0.25) is 0 Å². The maximum Gasteiger partial charge on any atom is 0.398 e. The molecule has 3 atom stereocenters. The standard InChI is InChI=1S/C34H43F4N3O4/c1-7-32(5,6)45-29(30(42)43)33(44-17-12-23-8-10-24(35)11-9-23)21-40-26(19-28(33)34(36,37)38)25-20-39-22(2)18-27(25)41-15-13-31(3,4)14-16-41/h8-11,18-21,28-29H,7,12-17H2,1-6H3,(H,42,43). The third-order valence-electron chi connectivity index (χ3n) is 8.90. The van der Waals surface area contributed by atoms with Crippen molar-refractivity contribution in [2.75, 3.05) is 24.6 Å². The SMILES string of the molecule is CCC(C)(C)OC(C(=O)O)C1(OCCc2ccc(F)cc2)C=NC(c2cnc(C)cc2N2CCC(C)(C)CC2)=CC1C(F)(F)F. The molecule has 11 heteroatoms. The molecule has 0 radical (unpaired) electrons. The predicted molar refractivity (Wildman–Crippen MR) is 166 cm³/mol. The van der Waals surface area contributed by atoms with Gasteiger partial charge in [-0.3, -0.25) is 9.98 Å². The van der Waals surface area contributed by atoms with Gasteiger partial charge in [0.15, 0.2) is 11.7 Å². The summed E-state index contributed by atoms with van der Waals surface area (Å²) in [6.07, 6.45) is -1.29. The monoisotopic (exact) mass is 633 g/mol. The number of hydrogen-bond acceptors (Lipinski definition) is 6. The number of ether oxygens (including phenoxy) is 2. The minimum absolute atomic E-state index is 0.0290. The fourth-order valence-corrected chi connectivity index (χ4v) is 5.62. The van der Waals surface area contributed by atoms with Gasteiger partial charge >= 0.3 is 12.1 Å². The highest BCUT2D eigenvalue weighted by Gasteiger charge is 2.61. The van der Waals surface area contributed by atoms with Crippen LogP contribution in [0.15, 0.2) is 47.6 Å². The van der Waals surface area contributed by atoms with Crippen LogP contribution in [0.3, 0.4) is 0 Å². The molecule has 1 fully saturated rings. The number of hydrogen-bond donors (Lipinski definition) is 1.